The first-order chi connectivity index (χ1) is 8.47. The molecule has 0 amide bonds. The molecule has 0 heterocycles. The van der Waals surface area contributed by atoms with Crippen molar-refractivity contribution in [2.24, 2.45) is 5.73 Å². The molecular weight excluding hydrogens is 252 g/mol. The molecule has 0 saturated carbocycles. The Kier molecular flexibility index (Phi) is 5.74. The third-order valence-electron chi connectivity index (χ3n) is 2.33. The summed E-state index contributed by atoms with van der Waals surface area (Å²) in [6.45, 7) is 4.59. The molecule has 0 aromatic heterocycles. The van der Waals surface area contributed by atoms with Crippen LogP contribution in [0.15, 0.2) is 29.2 Å². The van der Waals surface area contributed by atoms with Gasteiger partial charge in [0.15, 0.2) is 0 Å². The van der Waals surface area contributed by atoms with Crippen LogP contribution in [0.25, 0.3) is 0 Å². The van der Waals surface area contributed by atoms with Gasteiger partial charge in [-0.2, -0.15) is 0 Å². The predicted molar refractivity (Wildman–Crippen MR) is 70.6 cm³/mol. The molecule has 0 fully saturated rings. The normalized spacial score (nSPS) is 12.0. The summed E-state index contributed by atoms with van der Waals surface area (Å²) in [6, 6.07) is 6.70. The van der Waals surface area contributed by atoms with E-state index in [1.165, 1.54) is 0 Å². The minimum Gasteiger partial charge on any atom is -0.377 e. The molecular formula is C12H20N2O3S. The fraction of sp³-hybridized carbons (Fsp3) is 0.500. The van der Waals surface area contributed by atoms with Gasteiger partial charge in [-0.1, -0.05) is 18.2 Å². The van der Waals surface area contributed by atoms with Crippen LogP contribution in [-0.2, 0) is 21.3 Å². The second-order valence-corrected chi connectivity index (χ2v) is 5.86. The summed E-state index contributed by atoms with van der Waals surface area (Å²) in [7, 11) is -3.51. The zero-order chi connectivity index (χ0) is 13.6. The average molecular weight is 272 g/mol. The van der Waals surface area contributed by atoms with Crippen molar-refractivity contribution in [3.8, 4) is 0 Å². The highest BCUT2D eigenvalue weighted by atomic mass is 32.2. The molecule has 0 bridgehead atoms. The van der Waals surface area contributed by atoms with Crippen molar-refractivity contribution < 1.29 is 13.2 Å². The number of nitrogens with one attached hydrogen (secondary N) is 1. The summed E-state index contributed by atoms with van der Waals surface area (Å²) >= 11 is 0. The van der Waals surface area contributed by atoms with E-state index < -0.39 is 10.0 Å². The molecule has 0 aliphatic heterocycles. The highest BCUT2D eigenvalue weighted by Gasteiger charge is 2.16. The Morgan fingerprint density at radius 2 is 2.00 bits per heavy atom. The summed E-state index contributed by atoms with van der Waals surface area (Å²) in [6.07, 6.45) is 0.0887. The SMILES string of the molecule is CC(C)OCCNS(=O)(=O)c1ccccc1CN. The topological polar surface area (TPSA) is 81.4 Å². The highest BCUT2D eigenvalue weighted by Crippen LogP contribution is 2.14. The Hall–Kier alpha value is -0.950. The molecule has 102 valence electrons. The summed E-state index contributed by atoms with van der Waals surface area (Å²) in [5.74, 6) is 0. The van der Waals surface area contributed by atoms with Crippen molar-refractivity contribution in [1.82, 2.24) is 4.72 Å². The van der Waals surface area contributed by atoms with Gasteiger partial charge in [0.25, 0.3) is 0 Å². The van der Waals surface area contributed by atoms with E-state index in [-0.39, 0.29) is 24.1 Å². The zero-order valence-electron chi connectivity index (χ0n) is 10.7. The van der Waals surface area contributed by atoms with E-state index in [4.69, 9.17) is 10.5 Å². The molecule has 3 N–H and O–H groups in total. The second kappa shape index (κ2) is 6.84. The van der Waals surface area contributed by atoms with Gasteiger partial charge in [0.05, 0.1) is 17.6 Å². The van der Waals surface area contributed by atoms with E-state index in [0.29, 0.717) is 12.2 Å². The Labute approximate surface area is 108 Å². The molecule has 18 heavy (non-hydrogen) atoms. The first kappa shape index (κ1) is 15.1. The number of benzene rings is 1. The zero-order valence-corrected chi connectivity index (χ0v) is 11.5. The van der Waals surface area contributed by atoms with Gasteiger partial charge in [0.2, 0.25) is 10.0 Å². The summed E-state index contributed by atoms with van der Waals surface area (Å²) in [4.78, 5) is 0.233. The maximum Gasteiger partial charge on any atom is 0.240 e. The predicted octanol–water partition coefficient (Wildman–Crippen LogP) is 0.849. The minimum atomic E-state index is -3.51. The Morgan fingerprint density at radius 3 is 2.61 bits per heavy atom. The standard InChI is InChI=1S/C12H20N2O3S/c1-10(2)17-8-7-14-18(15,16)12-6-4-3-5-11(12)9-13/h3-6,10,14H,7-9,13H2,1-2H3. The van der Waals surface area contributed by atoms with Crippen LogP contribution in [-0.4, -0.2) is 27.7 Å². The monoisotopic (exact) mass is 272 g/mol. The number of ether oxygens (including phenoxy) is 1. The lowest BCUT2D eigenvalue weighted by atomic mass is 10.2. The van der Waals surface area contributed by atoms with Crippen molar-refractivity contribution in [3.05, 3.63) is 29.8 Å². The molecule has 1 rings (SSSR count). The molecule has 5 nitrogen and oxygen atoms in total. The van der Waals surface area contributed by atoms with Gasteiger partial charge < -0.3 is 10.5 Å². The molecule has 6 heteroatoms. The molecule has 0 unspecified atom stereocenters. The van der Waals surface area contributed by atoms with Gasteiger partial charge >= 0.3 is 0 Å². The van der Waals surface area contributed by atoms with Crippen LogP contribution in [0.1, 0.15) is 19.4 Å². The Morgan fingerprint density at radius 1 is 1.33 bits per heavy atom. The molecule has 0 atom stereocenters. The molecule has 0 saturated heterocycles. The summed E-state index contributed by atoms with van der Waals surface area (Å²) in [5, 5.41) is 0. The number of hydrogen-bond acceptors (Lipinski definition) is 4. The molecule has 1 aromatic rings. The lowest BCUT2D eigenvalue weighted by molar-refractivity contribution is 0.0834. The van der Waals surface area contributed by atoms with Crippen molar-refractivity contribution in [3.63, 3.8) is 0 Å². The van der Waals surface area contributed by atoms with Crippen molar-refractivity contribution in [2.75, 3.05) is 13.2 Å². The van der Waals surface area contributed by atoms with E-state index in [2.05, 4.69) is 4.72 Å². The van der Waals surface area contributed by atoms with Crippen LogP contribution >= 0.6 is 0 Å². The van der Waals surface area contributed by atoms with Gasteiger partial charge in [-0.05, 0) is 25.5 Å². The third kappa shape index (κ3) is 4.38. The van der Waals surface area contributed by atoms with Crippen LogP contribution in [0.5, 0.6) is 0 Å². The lowest BCUT2D eigenvalue weighted by Crippen LogP contribution is -2.29. The van der Waals surface area contributed by atoms with Gasteiger partial charge in [-0.3, -0.25) is 0 Å². The van der Waals surface area contributed by atoms with E-state index in [0.717, 1.165) is 0 Å². The maximum atomic E-state index is 12.0. The second-order valence-electron chi connectivity index (χ2n) is 4.13. The van der Waals surface area contributed by atoms with Gasteiger partial charge in [0.1, 0.15) is 0 Å². The van der Waals surface area contributed by atoms with Gasteiger partial charge in [0, 0.05) is 13.1 Å². The van der Waals surface area contributed by atoms with Crippen LogP contribution in [0.3, 0.4) is 0 Å². The van der Waals surface area contributed by atoms with Crippen molar-refractivity contribution >= 4 is 10.0 Å². The molecule has 1 aromatic carbocycles. The average Bonchev–Trinajstić information content (AvgIpc) is 2.34. The quantitative estimate of drug-likeness (QED) is 0.721. The molecule has 0 aliphatic carbocycles. The first-order valence-corrected chi connectivity index (χ1v) is 7.35. The number of sulfonamides is 1. The lowest BCUT2D eigenvalue weighted by Gasteiger charge is -2.11. The fourth-order valence-electron chi connectivity index (χ4n) is 1.48. The van der Waals surface area contributed by atoms with E-state index >= 15 is 0 Å². The fourth-order valence-corrected chi connectivity index (χ4v) is 2.74. The number of rotatable bonds is 7. The smallest absolute Gasteiger partial charge is 0.240 e. The maximum absolute atomic E-state index is 12.0. The Balaban J connectivity index is 2.68. The molecule has 0 aliphatic rings. The molecule has 0 spiro atoms. The van der Waals surface area contributed by atoms with Crippen LogP contribution in [0.4, 0.5) is 0 Å². The van der Waals surface area contributed by atoms with Gasteiger partial charge in [-0.25, -0.2) is 13.1 Å². The largest absolute Gasteiger partial charge is 0.377 e. The highest BCUT2D eigenvalue weighted by molar-refractivity contribution is 7.89. The van der Waals surface area contributed by atoms with E-state index in [1.807, 2.05) is 13.8 Å². The van der Waals surface area contributed by atoms with Gasteiger partial charge in [-0.15, -0.1) is 0 Å². The summed E-state index contributed by atoms with van der Waals surface area (Å²) in [5.41, 5.74) is 6.13. The van der Waals surface area contributed by atoms with Crippen LogP contribution in [0.2, 0.25) is 0 Å². The third-order valence-corrected chi connectivity index (χ3v) is 3.89. The molecule has 0 radical (unpaired) electrons. The number of nitrogens with two attached hydrogens (primary N) is 1. The van der Waals surface area contributed by atoms with Crippen molar-refractivity contribution in [1.29, 1.82) is 0 Å². The van der Waals surface area contributed by atoms with Crippen molar-refractivity contribution in [2.45, 2.75) is 31.4 Å². The first-order valence-electron chi connectivity index (χ1n) is 5.86. The van der Waals surface area contributed by atoms with Crippen LogP contribution in [0, 0.1) is 0 Å². The summed E-state index contributed by atoms with van der Waals surface area (Å²) < 4.78 is 31.8. The number of hydrogen-bond donors (Lipinski definition) is 2. The van der Waals surface area contributed by atoms with E-state index in [1.54, 1.807) is 24.3 Å². The minimum absolute atomic E-state index is 0.0887. The Bertz CT molecular complexity index is 472. The van der Waals surface area contributed by atoms with Crippen LogP contribution < -0.4 is 10.5 Å². The van der Waals surface area contributed by atoms with E-state index in [9.17, 15) is 8.42 Å².